The van der Waals surface area contributed by atoms with Crippen LogP contribution in [0.2, 0.25) is 0 Å². The second-order valence-electron chi connectivity index (χ2n) is 8.23. The van der Waals surface area contributed by atoms with Crippen molar-refractivity contribution in [1.82, 2.24) is 25.0 Å². The van der Waals surface area contributed by atoms with Crippen LogP contribution in [0.5, 0.6) is 0 Å². The summed E-state index contributed by atoms with van der Waals surface area (Å²) in [7, 11) is 0. The molecule has 2 aliphatic heterocycles. The zero-order valence-electron chi connectivity index (χ0n) is 17.0. The van der Waals surface area contributed by atoms with Gasteiger partial charge in [-0.05, 0) is 70.7 Å². The van der Waals surface area contributed by atoms with E-state index in [1.807, 2.05) is 36.7 Å². The number of pyridine rings is 1. The standard InChI is InChI=1S/C22H31N5O/c1-16-19(17(2)27(25-16)21-10-3-5-11-23-21)14-22(28)24-15-18-8-7-13-26-12-6-4-9-20(18)26/h3,5,10-11,18,20H,4,6-9,12-15H2,1-2H3,(H,24,28)/t18-,20+/m0/s1. The molecule has 2 saturated heterocycles. The molecule has 2 atom stereocenters. The predicted molar refractivity (Wildman–Crippen MR) is 109 cm³/mol. The van der Waals surface area contributed by atoms with E-state index in [1.54, 1.807) is 6.20 Å². The predicted octanol–water partition coefficient (Wildman–Crippen LogP) is 2.81. The summed E-state index contributed by atoms with van der Waals surface area (Å²) in [6.07, 6.45) is 8.58. The average Bonchev–Trinajstić information content (AvgIpc) is 3.01. The van der Waals surface area contributed by atoms with Crippen LogP contribution in [0.1, 0.15) is 49.1 Å². The van der Waals surface area contributed by atoms with Crippen molar-refractivity contribution < 1.29 is 4.79 Å². The first-order chi connectivity index (χ1) is 13.6. The van der Waals surface area contributed by atoms with E-state index in [1.165, 1.54) is 45.2 Å². The van der Waals surface area contributed by atoms with Gasteiger partial charge < -0.3 is 10.2 Å². The van der Waals surface area contributed by atoms with Crippen molar-refractivity contribution in [3.8, 4) is 5.82 Å². The summed E-state index contributed by atoms with van der Waals surface area (Å²) in [4.78, 5) is 19.7. The van der Waals surface area contributed by atoms with Crippen molar-refractivity contribution in [2.75, 3.05) is 19.6 Å². The first-order valence-corrected chi connectivity index (χ1v) is 10.6. The Morgan fingerprint density at radius 2 is 2.04 bits per heavy atom. The molecule has 0 radical (unpaired) electrons. The van der Waals surface area contributed by atoms with Crippen LogP contribution < -0.4 is 5.32 Å². The summed E-state index contributed by atoms with van der Waals surface area (Å²) in [6, 6.07) is 6.44. The molecule has 1 N–H and O–H groups in total. The van der Waals surface area contributed by atoms with Crippen LogP contribution >= 0.6 is 0 Å². The summed E-state index contributed by atoms with van der Waals surface area (Å²) in [5.74, 6) is 1.48. The lowest BCUT2D eigenvalue weighted by atomic mass is 9.83. The van der Waals surface area contributed by atoms with Crippen molar-refractivity contribution in [1.29, 1.82) is 0 Å². The van der Waals surface area contributed by atoms with Crippen LogP contribution in [0.3, 0.4) is 0 Å². The molecule has 6 heteroatoms. The molecule has 6 nitrogen and oxygen atoms in total. The van der Waals surface area contributed by atoms with Gasteiger partial charge in [0.1, 0.15) is 0 Å². The van der Waals surface area contributed by atoms with E-state index < -0.39 is 0 Å². The minimum absolute atomic E-state index is 0.0969. The zero-order valence-corrected chi connectivity index (χ0v) is 17.0. The van der Waals surface area contributed by atoms with Crippen LogP contribution in [-0.4, -0.2) is 51.2 Å². The fraction of sp³-hybridized carbons (Fsp3) is 0.591. The maximum atomic E-state index is 12.7. The smallest absolute Gasteiger partial charge is 0.224 e. The number of nitrogens with one attached hydrogen (secondary N) is 1. The fourth-order valence-corrected chi connectivity index (χ4v) is 4.92. The first-order valence-electron chi connectivity index (χ1n) is 10.6. The summed E-state index contributed by atoms with van der Waals surface area (Å²) >= 11 is 0. The second-order valence-corrected chi connectivity index (χ2v) is 8.23. The Hall–Kier alpha value is -2.21. The van der Waals surface area contributed by atoms with Gasteiger partial charge in [0.2, 0.25) is 5.91 Å². The highest BCUT2D eigenvalue weighted by molar-refractivity contribution is 5.79. The minimum atomic E-state index is 0.0969. The van der Waals surface area contributed by atoms with E-state index >= 15 is 0 Å². The van der Waals surface area contributed by atoms with Crippen LogP contribution in [0.25, 0.3) is 5.82 Å². The molecule has 150 valence electrons. The number of hydrogen-bond acceptors (Lipinski definition) is 4. The zero-order chi connectivity index (χ0) is 19.5. The van der Waals surface area contributed by atoms with Crippen molar-refractivity contribution in [3.63, 3.8) is 0 Å². The third kappa shape index (κ3) is 3.97. The summed E-state index contributed by atoms with van der Waals surface area (Å²) < 4.78 is 1.83. The summed E-state index contributed by atoms with van der Waals surface area (Å²) in [6.45, 7) is 7.25. The molecule has 0 aliphatic carbocycles. The van der Waals surface area contributed by atoms with E-state index in [4.69, 9.17) is 0 Å². The Balaban J connectivity index is 1.38. The Labute approximate surface area is 167 Å². The van der Waals surface area contributed by atoms with E-state index in [-0.39, 0.29) is 5.91 Å². The number of carbonyl (C=O) groups excluding carboxylic acids is 1. The maximum absolute atomic E-state index is 12.7. The Morgan fingerprint density at radius 3 is 2.86 bits per heavy atom. The Morgan fingerprint density at radius 1 is 1.18 bits per heavy atom. The molecule has 2 aromatic heterocycles. The highest BCUT2D eigenvalue weighted by Crippen LogP contribution is 2.30. The number of nitrogens with zero attached hydrogens (tertiary/aromatic N) is 4. The molecular formula is C22H31N5O. The lowest BCUT2D eigenvalue weighted by Gasteiger charge is -2.44. The van der Waals surface area contributed by atoms with Crippen molar-refractivity contribution >= 4 is 5.91 Å². The molecule has 0 saturated carbocycles. The third-order valence-corrected chi connectivity index (χ3v) is 6.43. The third-order valence-electron chi connectivity index (χ3n) is 6.43. The van der Waals surface area contributed by atoms with Crippen molar-refractivity contribution in [3.05, 3.63) is 41.3 Å². The summed E-state index contributed by atoms with van der Waals surface area (Å²) in [5, 5.41) is 7.82. The molecule has 0 bridgehead atoms. The van der Waals surface area contributed by atoms with Crippen LogP contribution in [0.15, 0.2) is 24.4 Å². The van der Waals surface area contributed by atoms with E-state index in [0.29, 0.717) is 18.4 Å². The first kappa shape index (κ1) is 19.1. The van der Waals surface area contributed by atoms with Gasteiger partial charge >= 0.3 is 0 Å². The molecule has 2 aromatic rings. The molecule has 0 unspecified atom stereocenters. The normalized spacial score (nSPS) is 22.6. The van der Waals surface area contributed by atoms with Crippen molar-refractivity contribution in [2.24, 2.45) is 5.92 Å². The number of aromatic nitrogens is 3. The van der Waals surface area contributed by atoms with Crippen molar-refractivity contribution in [2.45, 2.75) is 58.4 Å². The molecule has 0 spiro atoms. The lowest BCUT2D eigenvalue weighted by molar-refractivity contribution is -0.120. The lowest BCUT2D eigenvalue weighted by Crippen LogP contribution is -2.51. The molecule has 4 heterocycles. The monoisotopic (exact) mass is 381 g/mol. The van der Waals surface area contributed by atoms with E-state index in [9.17, 15) is 4.79 Å². The van der Waals surface area contributed by atoms with E-state index in [2.05, 4.69) is 20.3 Å². The number of aryl methyl sites for hydroxylation is 1. The van der Waals surface area contributed by atoms with Crippen LogP contribution in [0, 0.1) is 19.8 Å². The highest BCUT2D eigenvalue weighted by Gasteiger charge is 2.33. The minimum Gasteiger partial charge on any atom is -0.355 e. The summed E-state index contributed by atoms with van der Waals surface area (Å²) in [5.41, 5.74) is 2.89. The molecule has 2 aliphatic rings. The largest absolute Gasteiger partial charge is 0.355 e. The molecule has 0 aromatic carbocycles. The van der Waals surface area contributed by atoms with Gasteiger partial charge in [0.05, 0.1) is 12.1 Å². The van der Waals surface area contributed by atoms with E-state index in [0.717, 1.165) is 29.3 Å². The Bertz CT molecular complexity index is 814. The number of carbonyl (C=O) groups is 1. The number of fused-ring (bicyclic) bond motifs is 1. The molecule has 2 fully saturated rings. The topological polar surface area (TPSA) is 63.1 Å². The SMILES string of the molecule is Cc1nn(-c2ccccn2)c(C)c1CC(=O)NC[C@@H]1CCCN2CCCC[C@H]12. The Kier molecular flexibility index (Phi) is 5.76. The van der Waals surface area contributed by atoms with Gasteiger partial charge in [-0.1, -0.05) is 12.5 Å². The van der Waals surface area contributed by atoms with Gasteiger partial charge in [0, 0.05) is 30.0 Å². The van der Waals surface area contributed by atoms with Gasteiger partial charge in [0.15, 0.2) is 5.82 Å². The average molecular weight is 382 g/mol. The fourth-order valence-electron chi connectivity index (χ4n) is 4.92. The number of hydrogen-bond donors (Lipinski definition) is 1. The number of piperidine rings is 2. The quantitative estimate of drug-likeness (QED) is 0.865. The number of amides is 1. The van der Waals surface area contributed by atoms with Gasteiger partial charge in [-0.15, -0.1) is 0 Å². The highest BCUT2D eigenvalue weighted by atomic mass is 16.1. The second kappa shape index (κ2) is 8.43. The van der Waals surface area contributed by atoms with Gasteiger partial charge in [-0.25, -0.2) is 9.67 Å². The number of rotatable bonds is 5. The molecule has 28 heavy (non-hydrogen) atoms. The molecule has 4 rings (SSSR count). The van der Waals surface area contributed by atoms with Gasteiger partial charge in [0.25, 0.3) is 0 Å². The maximum Gasteiger partial charge on any atom is 0.224 e. The molecular weight excluding hydrogens is 350 g/mol. The van der Waals surface area contributed by atoms with Gasteiger partial charge in [-0.2, -0.15) is 5.10 Å². The van der Waals surface area contributed by atoms with Gasteiger partial charge in [-0.3, -0.25) is 4.79 Å². The van der Waals surface area contributed by atoms with Crippen LogP contribution in [0.4, 0.5) is 0 Å². The molecule has 1 amide bonds. The van der Waals surface area contributed by atoms with Crippen LogP contribution in [-0.2, 0) is 11.2 Å².